The average Bonchev–Trinajstić information content (AvgIpc) is 3.15. The van der Waals surface area contributed by atoms with Crippen LogP contribution in [-0.2, 0) is 0 Å². The van der Waals surface area contributed by atoms with Gasteiger partial charge in [-0.2, -0.15) is 0 Å². The summed E-state index contributed by atoms with van der Waals surface area (Å²) in [6.45, 7) is 0. The first kappa shape index (κ1) is 21.2. The molecule has 0 radical (unpaired) electrons. The molecule has 2 aromatic heterocycles. The third-order valence-corrected chi connectivity index (χ3v) is 9.66. The monoisotopic (exact) mass is 492 g/mol. The van der Waals surface area contributed by atoms with Crippen LogP contribution in [0.1, 0.15) is 42.5 Å². The highest BCUT2D eigenvalue weighted by atomic mass is 16.3. The molecule has 5 aliphatic rings. The zero-order valence-corrected chi connectivity index (χ0v) is 20.1. The number of imidazole rings is 1. The van der Waals surface area contributed by atoms with Crippen molar-refractivity contribution < 1.29 is 14.7 Å². The molecular formula is C29H26N5O3+. The van der Waals surface area contributed by atoms with E-state index in [1.54, 1.807) is 30.5 Å². The number of aromatic amines is 1. The number of aromatic nitrogens is 3. The number of nitrogens with one attached hydrogen (secondary N) is 2. The molecule has 0 aliphatic heterocycles. The lowest BCUT2D eigenvalue weighted by molar-refractivity contribution is -0.565. The molecule has 1 amide bonds. The van der Waals surface area contributed by atoms with E-state index in [0.717, 1.165) is 48.7 Å². The molecule has 2 aromatic carbocycles. The normalized spacial score (nSPS) is 32.5. The fourth-order valence-corrected chi connectivity index (χ4v) is 8.25. The number of rotatable bonds is 5. The van der Waals surface area contributed by atoms with E-state index in [-0.39, 0.29) is 34.3 Å². The minimum absolute atomic E-state index is 0.0140. The maximum atomic E-state index is 13.6. The molecule has 5 unspecified atom stereocenters. The number of aliphatic hydroxyl groups excluding tert-OH is 1. The standard InChI is InChI=1S/C29H25N5O3/c35-24-19-12-27-14-28(13-19,16-29(24,27)15-27)34(37)20-7-4-17(5-8-20)25-31-21-9-6-18(11-22(21)32-25)26(36)33-23-3-1-2-10-30-23/h1-11,19,24,35H,12-16H2,(H-,30,31,32,33,36,37)/p+1. The van der Waals surface area contributed by atoms with Gasteiger partial charge in [-0.05, 0) is 66.6 Å². The number of pyridine rings is 1. The second-order valence-electron chi connectivity index (χ2n) is 11.6. The van der Waals surface area contributed by atoms with Crippen LogP contribution < -0.4 is 5.32 Å². The number of fused-ring (bicyclic) bond motifs is 1. The van der Waals surface area contributed by atoms with Crippen LogP contribution in [0.5, 0.6) is 0 Å². The summed E-state index contributed by atoms with van der Waals surface area (Å²) < 4.78 is 1.25. The van der Waals surface area contributed by atoms with Crippen LogP contribution in [-0.4, -0.2) is 42.4 Å². The van der Waals surface area contributed by atoms with Gasteiger partial charge in [0, 0.05) is 63.8 Å². The number of hydrogen-bond donors (Lipinski definition) is 3. The van der Waals surface area contributed by atoms with E-state index in [1.807, 2.05) is 36.4 Å². The van der Waals surface area contributed by atoms with Gasteiger partial charge in [-0.1, -0.05) is 6.07 Å². The van der Waals surface area contributed by atoms with Gasteiger partial charge in [-0.25, -0.2) is 9.97 Å². The van der Waals surface area contributed by atoms with Crippen molar-refractivity contribution in [2.75, 3.05) is 5.32 Å². The summed E-state index contributed by atoms with van der Waals surface area (Å²) in [5.74, 6) is 1.21. The summed E-state index contributed by atoms with van der Waals surface area (Å²) in [6, 6.07) is 18.3. The molecule has 5 aliphatic carbocycles. The Balaban J connectivity index is 1.03. The van der Waals surface area contributed by atoms with Gasteiger partial charge in [-0.15, -0.1) is 0 Å². The number of aliphatic hydroxyl groups is 1. The third kappa shape index (κ3) is 2.79. The minimum atomic E-state index is -0.368. The summed E-state index contributed by atoms with van der Waals surface area (Å²) in [6.07, 6.45) is 6.15. The SMILES string of the molecule is O=C(Nc1ccccn1)c1ccc2nc(-c3ccc([N+](=O)C45CC6CC7(C4)CC7(C5)C6O)cc3)[nH]c2c1. The van der Waals surface area contributed by atoms with Crippen molar-refractivity contribution in [2.45, 2.75) is 43.7 Å². The van der Waals surface area contributed by atoms with Crippen molar-refractivity contribution in [3.63, 3.8) is 0 Å². The molecular weight excluding hydrogens is 466 g/mol. The number of hydrogen-bond acceptors (Lipinski definition) is 5. The van der Waals surface area contributed by atoms with E-state index in [9.17, 15) is 14.8 Å². The van der Waals surface area contributed by atoms with Gasteiger partial charge in [0.05, 0.1) is 17.1 Å². The number of nitroso groups, excluding NO2 is 1. The van der Waals surface area contributed by atoms with Crippen molar-refractivity contribution in [1.29, 1.82) is 0 Å². The second-order valence-corrected chi connectivity index (χ2v) is 11.6. The molecule has 5 fully saturated rings. The summed E-state index contributed by atoms with van der Waals surface area (Å²) >= 11 is 0. The lowest BCUT2D eigenvalue weighted by Crippen LogP contribution is -2.49. The number of carbonyl (C=O) groups is 1. The Morgan fingerprint density at radius 3 is 2.68 bits per heavy atom. The van der Waals surface area contributed by atoms with Crippen molar-refractivity contribution in [1.82, 2.24) is 15.0 Å². The molecule has 2 heterocycles. The predicted molar refractivity (Wildman–Crippen MR) is 137 cm³/mol. The van der Waals surface area contributed by atoms with Crippen LogP contribution in [0, 0.1) is 21.7 Å². The maximum Gasteiger partial charge on any atom is 0.256 e. The summed E-state index contributed by atoms with van der Waals surface area (Å²) in [5, 5.41) is 13.5. The molecule has 3 N–H and O–H groups in total. The number of benzene rings is 2. The summed E-state index contributed by atoms with van der Waals surface area (Å²) in [4.78, 5) is 38.4. The fourth-order valence-electron chi connectivity index (χ4n) is 8.25. The first-order valence-corrected chi connectivity index (χ1v) is 12.9. The van der Waals surface area contributed by atoms with Crippen LogP contribution in [0.25, 0.3) is 22.4 Å². The quantitative estimate of drug-likeness (QED) is 0.340. The lowest BCUT2D eigenvalue weighted by Gasteiger charge is -2.39. The molecule has 8 heteroatoms. The Kier molecular flexibility index (Phi) is 3.95. The van der Waals surface area contributed by atoms with Gasteiger partial charge in [0.15, 0.2) is 0 Å². The molecule has 184 valence electrons. The predicted octanol–water partition coefficient (Wildman–Crippen LogP) is 4.98. The van der Waals surface area contributed by atoms with E-state index in [2.05, 4.69) is 20.3 Å². The molecule has 9 rings (SSSR count). The van der Waals surface area contributed by atoms with Gasteiger partial charge in [0.2, 0.25) is 5.54 Å². The van der Waals surface area contributed by atoms with Crippen LogP contribution in [0.2, 0.25) is 0 Å². The second kappa shape index (κ2) is 6.89. The summed E-state index contributed by atoms with van der Waals surface area (Å²) in [7, 11) is 0. The molecule has 5 saturated carbocycles. The van der Waals surface area contributed by atoms with E-state index in [4.69, 9.17) is 0 Å². The van der Waals surface area contributed by atoms with Crippen molar-refractivity contribution in [3.05, 3.63) is 77.3 Å². The number of carbonyl (C=O) groups excluding carboxylic acids is 1. The lowest BCUT2D eigenvalue weighted by atomic mass is 9.67. The van der Waals surface area contributed by atoms with Crippen molar-refractivity contribution in [3.8, 4) is 11.4 Å². The highest BCUT2D eigenvalue weighted by molar-refractivity contribution is 6.05. The maximum absolute atomic E-state index is 13.6. The van der Waals surface area contributed by atoms with Gasteiger partial charge < -0.3 is 15.4 Å². The largest absolute Gasteiger partial charge is 0.392 e. The first-order valence-electron chi connectivity index (χ1n) is 12.9. The molecule has 2 spiro atoms. The van der Waals surface area contributed by atoms with Crippen LogP contribution >= 0.6 is 0 Å². The van der Waals surface area contributed by atoms with Gasteiger partial charge in [0.1, 0.15) is 11.6 Å². The Labute approximate surface area is 212 Å². The number of nitrogens with zero attached hydrogens (tertiary/aromatic N) is 3. The molecule has 5 atom stereocenters. The number of anilines is 1. The highest BCUT2D eigenvalue weighted by Gasteiger charge is 2.89. The molecule has 4 aromatic rings. The molecule has 0 saturated heterocycles. The van der Waals surface area contributed by atoms with Gasteiger partial charge in [0.25, 0.3) is 11.6 Å². The van der Waals surface area contributed by atoms with Crippen LogP contribution in [0.15, 0.2) is 66.9 Å². The minimum Gasteiger partial charge on any atom is -0.392 e. The van der Waals surface area contributed by atoms with E-state index >= 15 is 0 Å². The first-order chi connectivity index (χ1) is 17.9. The van der Waals surface area contributed by atoms with Crippen molar-refractivity contribution >= 4 is 28.4 Å². The van der Waals surface area contributed by atoms with Crippen molar-refractivity contribution in [2.24, 2.45) is 16.7 Å². The third-order valence-electron chi connectivity index (χ3n) is 9.66. The summed E-state index contributed by atoms with van der Waals surface area (Å²) in [5.41, 5.74) is 3.42. The highest BCUT2D eigenvalue weighted by Crippen LogP contribution is 2.88. The van der Waals surface area contributed by atoms with Gasteiger partial charge >= 0.3 is 0 Å². The number of amides is 1. The van der Waals surface area contributed by atoms with Crippen LogP contribution in [0.3, 0.4) is 0 Å². The Morgan fingerprint density at radius 1 is 1.05 bits per heavy atom. The molecule has 4 bridgehead atoms. The van der Waals surface area contributed by atoms with Gasteiger partial charge in [-0.3, -0.25) is 4.79 Å². The zero-order valence-electron chi connectivity index (χ0n) is 20.1. The Morgan fingerprint density at radius 2 is 1.92 bits per heavy atom. The Bertz CT molecular complexity index is 1620. The average molecular weight is 493 g/mol. The van der Waals surface area contributed by atoms with E-state index < -0.39 is 0 Å². The van der Waals surface area contributed by atoms with E-state index in [0.29, 0.717) is 22.9 Å². The molecule has 37 heavy (non-hydrogen) atoms. The van der Waals surface area contributed by atoms with E-state index in [1.165, 1.54) is 4.76 Å². The smallest absolute Gasteiger partial charge is 0.256 e. The zero-order chi connectivity index (χ0) is 25.0. The molecule has 8 nitrogen and oxygen atoms in total. The fraction of sp³-hybridized carbons (Fsp3) is 0.345. The van der Waals surface area contributed by atoms with Crippen LogP contribution in [0.4, 0.5) is 11.5 Å². The topological polar surface area (TPSA) is 111 Å². The Hall–Kier alpha value is -3.91. The number of H-pyrrole nitrogens is 1.